The van der Waals surface area contributed by atoms with Crippen LogP contribution in [-0.4, -0.2) is 63.6 Å². The maximum Gasteiger partial charge on any atom is 0.228 e. The second kappa shape index (κ2) is 8.55. The van der Waals surface area contributed by atoms with Crippen LogP contribution in [0.2, 0.25) is 0 Å². The molecule has 164 valence electrons. The Morgan fingerprint density at radius 3 is 2.32 bits per heavy atom. The Labute approximate surface area is 181 Å². The molecular weight excluding hydrogens is 400 g/mol. The molecule has 1 aliphatic heterocycles. The second-order valence-electron chi connectivity index (χ2n) is 7.79. The quantitative estimate of drug-likeness (QED) is 0.417. The fourth-order valence-corrected chi connectivity index (χ4v) is 4.15. The summed E-state index contributed by atoms with van der Waals surface area (Å²) in [4.78, 5) is 0. The Hall–Kier alpha value is -2.52. The molecular formula is C24H26O7. The molecule has 5 atom stereocenters. The molecule has 5 N–H and O–H groups in total. The van der Waals surface area contributed by atoms with E-state index in [-0.39, 0.29) is 11.3 Å². The topological polar surface area (TPSA) is 120 Å². The van der Waals surface area contributed by atoms with Crippen molar-refractivity contribution in [1.82, 2.24) is 0 Å². The Bertz CT molecular complexity index is 1010. The molecule has 1 heterocycles. The maximum atomic E-state index is 10.7. The van der Waals surface area contributed by atoms with Gasteiger partial charge in [0.05, 0.1) is 13.5 Å². The number of phenols is 1. The van der Waals surface area contributed by atoms with E-state index in [0.29, 0.717) is 6.42 Å². The van der Waals surface area contributed by atoms with Crippen LogP contribution < -0.4 is 0 Å². The van der Waals surface area contributed by atoms with E-state index in [1.54, 1.807) is 12.1 Å². The van der Waals surface area contributed by atoms with E-state index in [1.165, 1.54) is 6.07 Å². The van der Waals surface area contributed by atoms with Gasteiger partial charge in [-0.3, -0.25) is 0 Å². The summed E-state index contributed by atoms with van der Waals surface area (Å²) in [5, 5.41) is 51.4. The van der Waals surface area contributed by atoms with E-state index in [4.69, 9.17) is 10.8 Å². The third-order valence-corrected chi connectivity index (χ3v) is 5.80. The monoisotopic (exact) mass is 427 g/mol. The average Bonchev–Trinajstić information content (AvgIpc) is 3.03. The molecule has 0 amide bonds. The second-order valence-corrected chi connectivity index (χ2v) is 7.79. The Balaban J connectivity index is 1.73. The van der Waals surface area contributed by atoms with Gasteiger partial charge in [0.15, 0.2) is 0 Å². The number of methoxy groups -OCH3 is 1. The summed E-state index contributed by atoms with van der Waals surface area (Å²) in [5.74, 6) is -2.42. The standard InChI is InChI=1S/C24H26O7/c1-30-24(23(29)22(28)21(27)20(13-25)31-24)18-12-14(7-8-19(18)26)9-15-10-16-5-3-2-4-6-17(16)11-15/h2-8,10-12,20-23,25-29H,9,13H2,1H3/t20-,21-,22+,23-,24?/m1/s1/i1D. The highest BCUT2D eigenvalue weighted by Gasteiger charge is 2.56. The molecule has 1 unspecified atom stereocenters. The maximum absolute atomic E-state index is 10.7. The Kier molecular flexibility index (Phi) is 5.62. The molecule has 0 radical (unpaired) electrons. The zero-order valence-corrected chi connectivity index (χ0v) is 16.8. The summed E-state index contributed by atoms with van der Waals surface area (Å²) in [5.41, 5.74) is 3.98. The lowest BCUT2D eigenvalue weighted by atomic mass is 9.86. The largest absolute Gasteiger partial charge is 0.507 e. The van der Waals surface area contributed by atoms with Crippen molar-refractivity contribution >= 4 is 0 Å². The number of aliphatic hydroxyl groups excluding tert-OH is 4. The normalized spacial score (nSPS) is 29.1. The van der Waals surface area contributed by atoms with Crippen LogP contribution in [0.1, 0.15) is 18.1 Å². The van der Waals surface area contributed by atoms with Crippen LogP contribution in [-0.2, 0) is 21.7 Å². The van der Waals surface area contributed by atoms with Crippen molar-refractivity contribution < 1.29 is 36.4 Å². The van der Waals surface area contributed by atoms with Gasteiger partial charge in [0.2, 0.25) is 5.79 Å². The number of rotatable bonds is 5. The summed E-state index contributed by atoms with van der Waals surface area (Å²) in [7, 11) is -0.660. The van der Waals surface area contributed by atoms with Gasteiger partial charge in [0.1, 0.15) is 30.2 Å². The summed E-state index contributed by atoms with van der Waals surface area (Å²) in [6.45, 7) is -0.661. The lowest BCUT2D eigenvalue weighted by molar-refractivity contribution is -0.366. The van der Waals surface area contributed by atoms with E-state index >= 15 is 0 Å². The number of benzene rings is 1. The lowest BCUT2D eigenvalue weighted by Gasteiger charge is -2.47. The fourth-order valence-electron chi connectivity index (χ4n) is 4.15. The highest BCUT2D eigenvalue weighted by Crippen LogP contribution is 2.43. The van der Waals surface area contributed by atoms with E-state index in [9.17, 15) is 25.5 Å². The van der Waals surface area contributed by atoms with Crippen LogP contribution in [0.3, 0.4) is 0 Å². The Morgan fingerprint density at radius 2 is 1.68 bits per heavy atom. The van der Waals surface area contributed by atoms with Crippen molar-refractivity contribution in [2.75, 3.05) is 13.7 Å². The van der Waals surface area contributed by atoms with Gasteiger partial charge in [-0.2, -0.15) is 0 Å². The summed E-state index contributed by atoms with van der Waals surface area (Å²) < 4.78 is 18.6. The van der Waals surface area contributed by atoms with Gasteiger partial charge in [0, 0.05) is 7.09 Å². The lowest BCUT2D eigenvalue weighted by Crippen LogP contribution is -2.64. The number of hydrogen-bond donors (Lipinski definition) is 5. The van der Waals surface area contributed by atoms with Gasteiger partial charge in [-0.25, -0.2) is 0 Å². The number of aromatic hydroxyl groups is 1. The molecule has 2 aliphatic carbocycles. The van der Waals surface area contributed by atoms with E-state index < -0.39 is 43.9 Å². The number of ether oxygens (including phenoxy) is 2. The fraction of sp³-hybridized carbons (Fsp3) is 0.333. The molecule has 0 bridgehead atoms. The van der Waals surface area contributed by atoms with Crippen LogP contribution in [0.4, 0.5) is 0 Å². The first-order valence-electron chi connectivity index (χ1n) is 10.7. The van der Waals surface area contributed by atoms with Crippen molar-refractivity contribution in [3.05, 3.63) is 77.4 Å². The van der Waals surface area contributed by atoms with Crippen molar-refractivity contribution in [1.29, 1.82) is 0 Å². The van der Waals surface area contributed by atoms with Crippen LogP contribution in [0.5, 0.6) is 5.75 Å². The molecule has 0 spiro atoms. The number of hydrogen-bond acceptors (Lipinski definition) is 7. The van der Waals surface area contributed by atoms with Gasteiger partial charge in [0.25, 0.3) is 0 Å². The first-order valence-corrected chi connectivity index (χ1v) is 9.95. The number of phenolic OH excluding ortho intramolecular Hbond substituents is 1. The molecule has 4 rings (SSSR count). The smallest absolute Gasteiger partial charge is 0.228 e. The van der Waals surface area contributed by atoms with E-state index in [1.807, 2.05) is 30.3 Å². The molecule has 1 fully saturated rings. The molecule has 31 heavy (non-hydrogen) atoms. The van der Waals surface area contributed by atoms with E-state index in [0.717, 1.165) is 22.3 Å². The number of fused-ring (bicyclic) bond motifs is 1. The summed E-state index contributed by atoms with van der Waals surface area (Å²) in [6.07, 6.45) is -5.89. The Morgan fingerprint density at radius 1 is 0.968 bits per heavy atom. The first-order chi connectivity index (χ1) is 15.4. The molecule has 1 saturated heterocycles. The highest BCUT2D eigenvalue weighted by molar-refractivity contribution is 5.68. The van der Waals surface area contributed by atoms with Crippen molar-refractivity contribution in [2.24, 2.45) is 0 Å². The molecule has 7 nitrogen and oxygen atoms in total. The molecule has 0 aromatic heterocycles. The highest BCUT2D eigenvalue weighted by atomic mass is 16.7. The first kappa shape index (κ1) is 20.4. The zero-order chi connectivity index (χ0) is 22.9. The molecule has 0 saturated carbocycles. The third-order valence-electron chi connectivity index (χ3n) is 5.80. The van der Waals surface area contributed by atoms with Crippen molar-refractivity contribution in [2.45, 2.75) is 36.6 Å². The van der Waals surface area contributed by atoms with Crippen LogP contribution in [0, 0.1) is 0 Å². The summed E-state index contributed by atoms with van der Waals surface area (Å²) in [6, 6.07) is 18.8. The minimum Gasteiger partial charge on any atom is -0.507 e. The zero-order valence-electron chi connectivity index (χ0n) is 17.8. The number of aliphatic hydroxyl groups is 4. The van der Waals surface area contributed by atoms with Crippen LogP contribution in [0.15, 0.2) is 60.7 Å². The SMILES string of the molecule is [2H]COC1(c2cc(Cc3cc4cccccc-4c3)ccc2O)O[C@H](CO)[C@@H](O)[C@H](O)[C@H]1O. The molecule has 1 aromatic carbocycles. The molecule has 1 aromatic rings. The predicted molar refractivity (Wildman–Crippen MR) is 113 cm³/mol. The van der Waals surface area contributed by atoms with Crippen molar-refractivity contribution in [3.63, 3.8) is 0 Å². The van der Waals surface area contributed by atoms with Crippen LogP contribution >= 0.6 is 0 Å². The minimum absolute atomic E-state index is 0.00154. The van der Waals surface area contributed by atoms with Gasteiger partial charge >= 0.3 is 0 Å². The summed E-state index contributed by atoms with van der Waals surface area (Å²) >= 11 is 0. The van der Waals surface area contributed by atoms with Gasteiger partial charge in [-0.1, -0.05) is 48.5 Å². The van der Waals surface area contributed by atoms with Gasteiger partial charge in [-0.15, -0.1) is 0 Å². The molecule has 7 heteroatoms. The van der Waals surface area contributed by atoms with Crippen molar-refractivity contribution in [3.8, 4) is 16.9 Å². The van der Waals surface area contributed by atoms with Gasteiger partial charge in [-0.05, 0) is 40.8 Å². The van der Waals surface area contributed by atoms with Crippen LogP contribution in [0.25, 0.3) is 11.1 Å². The van der Waals surface area contributed by atoms with E-state index in [2.05, 4.69) is 12.1 Å². The van der Waals surface area contributed by atoms with Gasteiger partial charge < -0.3 is 35.0 Å². The average molecular weight is 427 g/mol. The minimum atomic E-state index is -2.14. The molecule has 3 aliphatic rings. The predicted octanol–water partition coefficient (Wildman–Crippen LogP) is 1.36. The third kappa shape index (κ3) is 3.80.